The van der Waals surface area contributed by atoms with Gasteiger partial charge in [-0.05, 0) is 18.6 Å². The van der Waals surface area contributed by atoms with Gasteiger partial charge in [0, 0.05) is 5.70 Å². The summed E-state index contributed by atoms with van der Waals surface area (Å²) in [4.78, 5) is 0. The molecular weight excluding hydrogens is 117 g/mol. The van der Waals surface area contributed by atoms with Gasteiger partial charge in [0.25, 0.3) is 0 Å². The minimum Gasteiger partial charge on any atom is -0.399 e. The quantitative estimate of drug-likeness (QED) is 0.563. The van der Waals surface area contributed by atoms with E-state index in [4.69, 9.17) is 5.73 Å². The van der Waals surface area contributed by atoms with E-state index in [2.05, 4.69) is 13.2 Å². The first-order chi connectivity index (χ1) is 4.04. The first kappa shape index (κ1) is 7.95. The van der Waals surface area contributed by atoms with Crippen molar-refractivity contribution in [3.63, 3.8) is 0 Å². The van der Waals surface area contributed by atoms with Gasteiger partial charge in [-0.15, -0.1) is 0 Å². The minimum atomic E-state index is -0.471. The highest BCUT2D eigenvalue weighted by molar-refractivity contribution is 5.27. The Balaban J connectivity index is 4.17. The highest BCUT2D eigenvalue weighted by Gasteiger charge is 1.91. The minimum absolute atomic E-state index is 0.339. The second kappa shape index (κ2) is 3.07. The van der Waals surface area contributed by atoms with Crippen LogP contribution in [0, 0.1) is 0 Å². The summed E-state index contributed by atoms with van der Waals surface area (Å²) < 4.78 is 12.1. The van der Waals surface area contributed by atoms with Crippen molar-refractivity contribution in [3.05, 3.63) is 36.3 Å². The van der Waals surface area contributed by atoms with E-state index < -0.39 is 5.83 Å². The summed E-state index contributed by atoms with van der Waals surface area (Å²) in [5, 5.41) is 0. The molecule has 0 bridgehead atoms. The molecule has 0 spiro atoms. The van der Waals surface area contributed by atoms with Gasteiger partial charge in [0.2, 0.25) is 0 Å². The molecule has 0 amide bonds. The topological polar surface area (TPSA) is 26.0 Å². The number of halogens is 1. The van der Waals surface area contributed by atoms with Crippen molar-refractivity contribution in [1.29, 1.82) is 0 Å². The molecule has 0 aromatic heterocycles. The zero-order chi connectivity index (χ0) is 7.44. The number of hydrogen-bond acceptors (Lipinski definition) is 1. The fourth-order valence-electron chi connectivity index (χ4n) is 0.356. The van der Waals surface area contributed by atoms with E-state index in [0.717, 1.165) is 0 Å². The predicted octanol–water partition coefficient (Wildman–Crippen LogP) is 1.89. The monoisotopic (exact) mass is 127 g/mol. The number of hydrogen-bond donors (Lipinski definition) is 1. The predicted molar refractivity (Wildman–Crippen MR) is 37.3 cm³/mol. The summed E-state index contributed by atoms with van der Waals surface area (Å²) in [6, 6.07) is 0. The third kappa shape index (κ3) is 3.53. The molecule has 2 heteroatoms. The molecule has 0 aromatic rings. The summed E-state index contributed by atoms with van der Waals surface area (Å²) in [7, 11) is 0. The summed E-state index contributed by atoms with van der Waals surface area (Å²) in [5.41, 5.74) is 5.91. The maximum atomic E-state index is 12.1. The van der Waals surface area contributed by atoms with E-state index >= 15 is 0 Å². The van der Waals surface area contributed by atoms with Crippen molar-refractivity contribution in [2.45, 2.75) is 6.92 Å². The van der Waals surface area contributed by atoms with Crippen LogP contribution in [0.2, 0.25) is 0 Å². The molecule has 0 atom stereocenters. The van der Waals surface area contributed by atoms with E-state index in [9.17, 15) is 4.39 Å². The summed E-state index contributed by atoms with van der Waals surface area (Å²) in [6.45, 7) is 8.03. The van der Waals surface area contributed by atoms with Crippen LogP contribution in [0.3, 0.4) is 0 Å². The van der Waals surface area contributed by atoms with E-state index in [1.807, 2.05) is 0 Å². The van der Waals surface area contributed by atoms with Crippen LogP contribution in [0.4, 0.5) is 4.39 Å². The highest BCUT2D eigenvalue weighted by atomic mass is 19.1. The lowest BCUT2D eigenvalue weighted by molar-refractivity contribution is 0.655. The van der Waals surface area contributed by atoms with Crippen LogP contribution in [-0.2, 0) is 0 Å². The molecule has 50 valence electrons. The van der Waals surface area contributed by atoms with Gasteiger partial charge < -0.3 is 5.73 Å². The van der Waals surface area contributed by atoms with Crippen LogP contribution in [-0.4, -0.2) is 0 Å². The van der Waals surface area contributed by atoms with E-state index in [1.54, 1.807) is 6.92 Å². The van der Waals surface area contributed by atoms with Crippen molar-refractivity contribution < 1.29 is 4.39 Å². The van der Waals surface area contributed by atoms with E-state index in [-0.39, 0.29) is 0 Å². The fourth-order valence-corrected chi connectivity index (χ4v) is 0.356. The van der Waals surface area contributed by atoms with Gasteiger partial charge in [-0.3, -0.25) is 0 Å². The maximum absolute atomic E-state index is 12.1. The molecule has 0 aliphatic carbocycles. The van der Waals surface area contributed by atoms with E-state index in [0.29, 0.717) is 11.3 Å². The Bertz CT molecular complexity index is 168. The lowest BCUT2D eigenvalue weighted by Crippen LogP contribution is -1.90. The molecule has 0 radical (unpaired) electrons. The first-order valence-corrected chi connectivity index (χ1v) is 2.51. The fraction of sp³-hybridized carbons (Fsp3) is 0.143. The molecule has 0 heterocycles. The Labute approximate surface area is 54.4 Å². The van der Waals surface area contributed by atoms with Crippen LogP contribution in [0.15, 0.2) is 36.3 Å². The van der Waals surface area contributed by atoms with Gasteiger partial charge in [0.1, 0.15) is 5.83 Å². The van der Waals surface area contributed by atoms with Gasteiger partial charge in [-0.2, -0.15) is 0 Å². The number of rotatable bonds is 2. The van der Waals surface area contributed by atoms with Crippen molar-refractivity contribution in [2.75, 3.05) is 0 Å². The zero-order valence-corrected chi connectivity index (χ0v) is 5.45. The highest BCUT2D eigenvalue weighted by Crippen LogP contribution is 2.07. The molecule has 0 aliphatic heterocycles. The average Bonchev–Trinajstić information content (AvgIpc) is 1.63. The molecule has 0 aliphatic rings. The molecule has 2 N–H and O–H groups in total. The Morgan fingerprint density at radius 2 is 2.00 bits per heavy atom. The molecule has 0 saturated carbocycles. The van der Waals surface area contributed by atoms with Crippen LogP contribution >= 0.6 is 0 Å². The van der Waals surface area contributed by atoms with Crippen LogP contribution in [0.25, 0.3) is 0 Å². The van der Waals surface area contributed by atoms with Crippen LogP contribution in [0.1, 0.15) is 6.92 Å². The van der Waals surface area contributed by atoms with Crippen molar-refractivity contribution in [3.8, 4) is 0 Å². The zero-order valence-electron chi connectivity index (χ0n) is 5.45. The molecule has 0 unspecified atom stereocenters. The molecule has 1 nitrogen and oxygen atoms in total. The van der Waals surface area contributed by atoms with Crippen molar-refractivity contribution in [1.82, 2.24) is 0 Å². The van der Waals surface area contributed by atoms with Gasteiger partial charge in [0.05, 0.1) is 0 Å². The molecular formula is C7H10FN. The number of allylic oxidation sites excluding steroid dienone is 3. The summed E-state index contributed by atoms with van der Waals surface area (Å²) >= 11 is 0. The average molecular weight is 127 g/mol. The Morgan fingerprint density at radius 3 is 2.11 bits per heavy atom. The van der Waals surface area contributed by atoms with Gasteiger partial charge in [-0.1, -0.05) is 13.2 Å². The lowest BCUT2D eigenvalue weighted by atomic mass is 10.2. The van der Waals surface area contributed by atoms with Crippen LogP contribution < -0.4 is 5.73 Å². The van der Waals surface area contributed by atoms with E-state index in [1.165, 1.54) is 6.08 Å². The second-order valence-electron chi connectivity index (χ2n) is 1.81. The summed E-state index contributed by atoms with van der Waals surface area (Å²) in [6.07, 6.45) is 1.43. The van der Waals surface area contributed by atoms with Crippen LogP contribution in [0.5, 0.6) is 0 Å². The van der Waals surface area contributed by atoms with Crippen molar-refractivity contribution >= 4 is 0 Å². The Morgan fingerprint density at radius 1 is 1.56 bits per heavy atom. The lowest BCUT2D eigenvalue weighted by Gasteiger charge is -1.92. The maximum Gasteiger partial charge on any atom is 0.119 e. The molecule has 0 aromatic carbocycles. The first-order valence-electron chi connectivity index (χ1n) is 2.51. The van der Waals surface area contributed by atoms with Gasteiger partial charge >= 0.3 is 0 Å². The molecule has 0 rings (SSSR count). The third-order valence-corrected chi connectivity index (χ3v) is 0.830. The second-order valence-corrected chi connectivity index (χ2v) is 1.81. The molecule has 0 saturated heterocycles. The number of nitrogens with two attached hydrogens (primary N) is 1. The van der Waals surface area contributed by atoms with Gasteiger partial charge in [-0.25, -0.2) is 4.39 Å². The standard InChI is InChI=1S/C7H10FN/c1-5(7(3)8)4-6(2)9/h4H,2-3,9H2,1H3/b5-4-. The largest absolute Gasteiger partial charge is 0.399 e. The normalized spacial score (nSPS) is 11.1. The molecule has 0 fully saturated rings. The Kier molecular flexibility index (Phi) is 2.71. The van der Waals surface area contributed by atoms with Crippen molar-refractivity contribution in [2.24, 2.45) is 5.73 Å². The Hall–Kier alpha value is -1.05. The van der Waals surface area contributed by atoms with Gasteiger partial charge in [0.15, 0.2) is 0 Å². The summed E-state index contributed by atoms with van der Waals surface area (Å²) in [5.74, 6) is -0.471. The third-order valence-electron chi connectivity index (χ3n) is 0.830. The molecule has 9 heavy (non-hydrogen) atoms. The SMILES string of the molecule is C=C(N)/C=C(/C)C(=C)F. The smallest absolute Gasteiger partial charge is 0.119 e.